The third kappa shape index (κ3) is 9.59. The Balaban J connectivity index is 0.000000400. The van der Waals surface area contributed by atoms with Crippen molar-refractivity contribution in [1.82, 2.24) is 0 Å². The van der Waals surface area contributed by atoms with E-state index >= 15 is 0 Å². The van der Waals surface area contributed by atoms with Crippen molar-refractivity contribution < 1.29 is 19.4 Å². The zero-order valence-corrected chi connectivity index (χ0v) is 12.5. The van der Waals surface area contributed by atoms with Gasteiger partial charge < -0.3 is 21.3 Å². The minimum absolute atomic E-state index is 0.173. The highest BCUT2D eigenvalue weighted by molar-refractivity contribution is 5.74. The summed E-state index contributed by atoms with van der Waals surface area (Å²) < 4.78 is 5.40. The van der Waals surface area contributed by atoms with Gasteiger partial charge >= 0.3 is 5.97 Å². The van der Waals surface area contributed by atoms with E-state index in [2.05, 4.69) is 0 Å². The summed E-state index contributed by atoms with van der Waals surface area (Å²) in [7, 11) is 0. The fourth-order valence-electron chi connectivity index (χ4n) is 1.36. The van der Waals surface area contributed by atoms with E-state index in [1.54, 1.807) is 24.3 Å². The first-order chi connectivity index (χ1) is 9.90. The monoisotopic (exact) mass is 296 g/mol. The molecule has 0 aliphatic heterocycles. The highest BCUT2D eigenvalue weighted by atomic mass is 16.5. The molecule has 21 heavy (non-hydrogen) atoms. The van der Waals surface area contributed by atoms with Gasteiger partial charge in [0.25, 0.3) is 0 Å². The summed E-state index contributed by atoms with van der Waals surface area (Å²) >= 11 is 0. The largest absolute Gasteiger partial charge is 0.491 e. The van der Waals surface area contributed by atoms with Crippen molar-refractivity contribution in [1.29, 1.82) is 0 Å². The van der Waals surface area contributed by atoms with Crippen LogP contribution < -0.4 is 16.2 Å². The lowest BCUT2D eigenvalue weighted by molar-refractivity contribution is -0.138. The van der Waals surface area contributed by atoms with Crippen LogP contribution in [0, 0.1) is 0 Å². The molecule has 1 unspecified atom stereocenters. The number of carbonyl (C=O) groups is 2. The quantitative estimate of drug-likeness (QED) is 0.655. The average molecular weight is 296 g/mol. The Morgan fingerprint density at radius 3 is 2.29 bits per heavy atom. The number of nitrogens with two attached hydrogens (primary N) is 2. The first-order valence-electron chi connectivity index (χ1n) is 6.81. The van der Waals surface area contributed by atoms with E-state index in [0.717, 1.165) is 12.0 Å². The van der Waals surface area contributed by atoms with Gasteiger partial charge in [-0.2, -0.15) is 0 Å². The van der Waals surface area contributed by atoms with Crippen LogP contribution in [0.3, 0.4) is 0 Å². The van der Waals surface area contributed by atoms with E-state index < -0.39 is 12.0 Å². The number of hydrogen-bond acceptors (Lipinski definition) is 5. The van der Waals surface area contributed by atoms with Gasteiger partial charge in [-0.15, -0.1) is 0 Å². The van der Waals surface area contributed by atoms with Crippen LogP contribution in [0.4, 0.5) is 0 Å². The molecule has 118 valence electrons. The van der Waals surface area contributed by atoms with Gasteiger partial charge in [0, 0.05) is 5.56 Å². The van der Waals surface area contributed by atoms with Gasteiger partial charge in [-0.05, 0) is 57.5 Å². The average Bonchev–Trinajstić information content (AvgIpc) is 2.45. The maximum atomic E-state index is 10.3. The molecule has 0 spiro atoms. The summed E-state index contributed by atoms with van der Waals surface area (Å²) in [6.45, 7) is 4.43. The highest BCUT2D eigenvalue weighted by Gasteiger charge is 2.08. The molecule has 1 aromatic rings. The lowest BCUT2D eigenvalue weighted by Gasteiger charge is -2.08. The van der Waals surface area contributed by atoms with E-state index in [1.807, 2.05) is 13.8 Å². The van der Waals surface area contributed by atoms with Crippen molar-refractivity contribution in [2.45, 2.75) is 38.8 Å². The fraction of sp³-hybridized carbons (Fsp3) is 0.467. The molecule has 0 aliphatic carbocycles. The van der Waals surface area contributed by atoms with Crippen LogP contribution in [0.25, 0.3) is 0 Å². The van der Waals surface area contributed by atoms with Crippen LogP contribution in [0.2, 0.25) is 0 Å². The van der Waals surface area contributed by atoms with Gasteiger partial charge in [0.2, 0.25) is 0 Å². The summed E-state index contributed by atoms with van der Waals surface area (Å²) in [4.78, 5) is 20.3. The minimum atomic E-state index is -0.955. The van der Waals surface area contributed by atoms with Gasteiger partial charge in [-0.1, -0.05) is 0 Å². The summed E-state index contributed by atoms with van der Waals surface area (Å²) in [5, 5.41) is 8.24. The standard InChI is InChI=1S/C10H12O2.C5H12N2O2/c1-8(2)12-10-5-3-9(7-11)4-6-10;6-3-1-2-4(7)5(8)9/h3-8H,1-2H3;4H,1-3,6-7H2,(H,8,9). The van der Waals surface area contributed by atoms with Gasteiger partial charge in [0.15, 0.2) is 0 Å². The third-order valence-corrected chi connectivity index (χ3v) is 2.42. The zero-order valence-electron chi connectivity index (χ0n) is 12.5. The molecular weight excluding hydrogens is 272 g/mol. The van der Waals surface area contributed by atoms with Crippen molar-refractivity contribution in [3.05, 3.63) is 29.8 Å². The normalized spacial score (nSPS) is 11.3. The molecule has 0 saturated carbocycles. The molecule has 0 aromatic heterocycles. The lowest BCUT2D eigenvalue weighted by Crippen LogP contribution is -2.30. The first kappa shape index (κ1) is 19.1. The first-order valence-corrected chi connectivity index (χ1v) is 6.81. The SMILES string of the molecule is CC(C)Oc1ccc(C=O)cc1.NCCCC(N)C(=O)O. The van der Waals surface area contributed by atoms with E-state index in [1.165, 1.54) is 0 Å². The number of carboxylic acid groups (broad SMARTS) is 1. The van der Waals surface area contributed by atoms with Crippen LogP contribution in [0.1, 0.15) is 37.0 Å². The topological polar surface area (TPSA) is 116 Å². The Kier molecular flexibility index (Phi) is 9.83. The Bertz CT molecular complexity index is 418. The predicted molar refractivity (Wildman–Crippen MR) is 81.5 cm³/mol. The lowest BCUT2D eigenvalue weighted by atomic mass is 10.2. The Hall–Kier alpha value is -1.92. The highest BCUT2D eigenvalue weighted by Crippen LogP contribution is 2.12. The van der Waals surface area contributed by atoms with Crippen LogP contribution >= 0.6 is 0 Å². The van der Waals surface area contributed by atoms with Gasteiger partial charge in [0.05, 0.1) is 6.10 Å². The maximum absolute atomic E-state index is 10.3. The van der Waals surface area contributed by atoms with Crippen LogP contribution in [0.15, 0.2) is 24.3 Å². The number of aliphatic carboxylic acids is 1. The number of benzene rings is 1. The zero-order chi connectivity index (χ0) is 16.3. The predicted octanol–water partition coefficient (Wildman–Crippen LogP) is 1.42. The number of carbonyl (C=O) groups excluding carboxylic acids is 1. The molecule has 1 atom stereocenters. The molecule has 6 heteroatoms. The van der Waals surface area contributed by atoms with Crippen LogP contribution in [-0.4, -0.2) is 36.1 Å². The van der Waals surface area contributed by atoms with E-state index in [0.29, 0.717) is 24.9 Å². The smallest absolute Gasteiger partial charge is 0.320 e. The molecule has 0 saturated heterocycles. The molecule has 0 amide bonds. The number of rotatable bonds is 7. The number of ether oxygens (including phenoxy) is 1. The molecular formula is C15H24N2O4. The van der Waals surface area contributed by atoms with Crippen molar-refractivity contribution in [3.8, 4) is 5.75 Å². The van der Waals surface area contributed by atoms with Gasteiger partial charge in [-0.3, -0.25) is 9.59 Å². The molecule has 1 aromatic carbocycles. The summed E-state index contributed by atoms with van der Waals surface area (Å²) in [5.74, 6) is -0.154. The van der Waals surface area contributed by atoms with Crippen molar-refractivity contribution in [3.63, 3.8) is 0 Å². The molecule has 0 radical (unpaired) electrons. The van der Waals surface area contributed by atoms with Crippen molar-refractivity contribution in [2.75, 3.05) is 6.54 Å². The Morgan fingerprint density at radius 1 is 1.33 bits per heavy atom. The van der Waals surface area contributed by atoms with Gasteiger partial charge in [-0.25, -0.2) is 0 Å². The fourth-order valence-corrected chi connectivity index (χ4v) is 1.36. The molecule has 0 bridgehead atoms. The van der Waals surface area contributed by atoms with Crippen LogP contribution in [0.5, 0.6) is 5.75 Å². The molecule has 0 fully saturated rings. The van der Waals surface area contributed by atoms with Crippen LogP contribution in [-0.2, 0) is 4.79 Å². The molecule has 0 aliphatic rings. The summed E-state index contributed by atoms with van der Waals surface area (Å²) in [6, 6.07) is 6.33. The van der Waals surface area contributed by atoms with E-state index in [9.17, 15) is 9.59 Å². The Labute approximate surface area is 125 Å². The van der Waals surface area contributed by atoms with Crippen molar-refractivity contribution in [2.24, 2.45) is 11.5 Å². The second-order valence-corrected chi connectivity index (χ2v) is 4.73. The number of carboxylic acids is 1. The molecule has 6 nitrogen and oxygen atoms in total. The summed E-state index contributed by atoms with van der Waals surface area (Å²) in [6.07, 6.45) is 2.13. The minimum Gasteiger partial charge on any atom is -0.491 e. The number of aldehydes is 1. The second kappa shape index (κ2) is 10.8. The third-order valence-electron chi connectivity index (χ3n) is 2.42. The molecule has 5 N–H and O–H groups in total. The van der Waals surface area contributed by atoms with Crippen molar-refractivity contribution >= 4 is 12.3 Å². The van der Waals surface area contributed by atoms with E-state index in [4.69, 9.17) is 21.3 Å². The molecule has 1 rings (SSSR count). The maximum Gasteiger partial charge on any atom is 0.320 e. The van der Waals surface area contributed by atoms with Gasteiger partial charge in [0.1, 0.15) is 18.1 Å². The number of hydrogen-bond donors (Lipinski definition) is 3. The van der Waals surface area contributed by atoms with E-state index in [-0.39, 0.29) is 6.10 Å². The summed E-state index contributed by atoms with van der Waals surface area (Å²) in [5.41, 5.74) is 10.9. The molecule has 0 heterocycles. The second-order valence-electron chi connectivity index (χ2n) is 4.73. The Morgan fingerprint density at radius 2 is 1.90 bits per heavy atom.